The van der Waals surface area contributed by atoms with Crippen molar-refractivity contribution in [3.8, 4) is 0 Å². The van der Waals surface area contributed by atoms with Crippen LogP contribution in [0.3, 0.4) is 0 Å². The lowest BCUT2D eigenvalue weighted by atomic mass is 9.78. The molecule has 0 heterocycles. The Morgan fingerprint density at radius 2 is 1.59 bits per heavy atom. The molecule has 0 radical (unpaired) electrons. The van der Waals surface area contributed by atoms with E-state index in [0.717, 1.165) is 0 Å². The zero-order valence-corrected chi connectivity index (χ0v) is 11.4. The Labute approximate surface area is 105 Å². The molecule has 0 nitrogen and oxygen atoms in total. The highest BCUT2D eigenvalue weighted by Crippen LogP contribution is 2.34. The highest BCUT2D eigenvalue weighted by atomic mass is 14.3. The lowest BCUT2D eigenvalue weighted by Gasteiger charge is -2.26. The van der Waals surface area contributed by atoms with Gasteiger partial charge in [0.05, 0.1) is 0 Å². The smallest absolute Gasteiger partial charge is 0.00975 e. The van der Waals surface area contributed by atoms with Crippen molar-refractivity contribution in [2.45, 2.75) is 46.0 Å². The van der Waals surface area contributed by atoms with Gasteiger partial charge in [0.2, 0.25) is 0 Å². The summed E-state index contributed by atoms with van der Waals surface area (Å²) in [4.78, 5) is 0. The van der Waals surface area contributed by atoms with E-state index in [2.05, 4.69) is 64.1 Å². The summed E-state index contributed by atoms with van der Waals surface area (Å²) in [5.74, 6) is 0. The molecule has 0 amide bonds. The van der Waals surface area contributed by atoms with E-state index in [1.54, 1.807) is 0 Å². The van der Waals surface area contributed by atoms with Crippen LogP contribution in [0.1, 0.15) is 44.7 Å². The molecule has 0 atom stereocenters. The summed E-state index contributed by atoms with van der Waals surface area (Å²) in [6.45, 7) is 9.16. The van der Waals surface area contributed by atoms with Gasteiger partial charge in [0.1, 0.15) is 0 Å². The average Bonchev–Trinajstić information content (AvgIpc) is 2.29. The summed E-state index contributed by atoms with van der Waals surface area (Å²) in [6, 6.07) is 13.3. The first-order valence-corrected chi connectivity index (χ1v) is 6.55. The van der Waals surface area contributed by atoms with Gasteiger partial charge < -0.3 is 0 Å². The Morgan fingerprint density at radius 3 is 2.29 bits per heavy atom. The van der Waals surface area contributed by atoms with E-state index in [9.17, 15) is 0 Å². The van der Waals surface area contributed by atoms with Crippen molar-refractivity contribution in [1.82, 2.24) is 0 Å². The third kappa shape index (κ3) is 2.22. The molecule has 0 spiro atoms. The third-order valence-electron chi connectivity index (χ3n) is 3.74. The molecule has 90 valence electrons. The number of hydrogen-bond donors (Lipinski definition) is 0. The van der Waals surface area contributed by atoms with Gasteiger partial charge >= 0.3 is 0 Å². The lowest BCUT2D eigenvalue weighted by molar-refractivity contribution is 0.477. The summed E-state index contributed by atoms with van der Waals surface area (Å²) in [5, 5.41) is 2.82. The van der Waals surface area contributed by atoms with Crippen molar-refractivity contribution in [3.05, 3.63) is 47.5 Å². The number of aryl methyl sites for hydroxylation is 1. The zero-order chi connectivity index (χ0) is 12.5. The second-order valence-corrected chi connectivity index (χ2v) is 5.61. The van der Waals surface area contributed by atoms with Crippen LogP contribution < -0.4 is 0 Å². The van der Waals surface area contributed by atoms with E-state index in [1.165, 1.54) is 34.7 Å². The van der Waals surface area contributed by atoms with Crippen molar-refractivity contribution in [3.63, 3.8) is 0 Å². The molecule has 0 saturated carbocycles. The molecular formula is C17H22. The summed E-state index contributed by atoms with van der Waals surface area (Å²) < 4.78 is 0. The largest absolute Gasteiger partial charge is 0.0654 e. The van der Waals surface area contributed by atoms with Gasteiger partial charge in [-0.25, -0.2) is 0 Å². The van der Waals surface area contributed by atoms with Gasteiger partial charge in [0, 0.05) is 0 Å². The maximum absolute atomic E-state index is 2.35. The van der Waals surface area contributed by atoms with Crippen LogP contribution in [-0.4, -0.2) is 0 Å². The van der Waals surface area contributed by atoms with Crippen molar-refractivity contribution < 1.29 is 0 Å². The summed E-state index contributed by atoms with van der Waals surface area (Å²) >= 11 is 0. The molecule has 0 aliphatic carbocycles. The van der Waals surface area contributed by atoms with E-state index < -0.39 is 0 Å². The van der Waals surface area contributed by atoms with E-state index in [-0.39, 0.29) is 5.41 Å². The Hall–Kier alpha value is -1.30. The number of fused-ring (bicyclic) bond motifs is 1. The highest BCUT2D eigenvalue weighted by molar-refractivity contribution is 5.89. The monoisotopic (exact) mass is 226 g/mol. The molecule has 0 bridgehead atoms. The first-order chi connectivity index (χ1) is 8.06. The molecule has 0 aromatic heterocycles. The maximum Gasteiger partial charge on any atom is -0.00975 e. The first kappa shape index (κ1) is 12.2. The second-order valence-electron chi connectivity index (χ2n) is 5.61. The molecule has 0 N–H and O–H groups in total. The van der Waals surface area contributed by atoms with Gasteiger partial charge in [-0.15, -0.1) is 0 Å². The predicted octanol–water partition coefficient (Wildman–Crippen LogP) is 5.23. The fraction of sp³-hybridized carbons (Fsp3) is 0.412. The van der Waals surface area contributed by atoms with Gasteiger partial charge in [-0.3, -0.25) is 0 Å². The molecule has 0 fully saturated rings. The number of benzene rings is 2. The standard InChI is InChI=1S/C17H22/c1-5-12-17(3,4)16-11-7-9-14-13(2)8-6-10-15(14)16/h6-11H,5,12H2,1-4H3. The fourth-order valence-electron chi connectivity index (χ4n) is 2.82. The van der Waals surface area contributed by atoms with Gasteiger partial charge in [-0.1, -0.05) is 63.6 Å². The molecule has 2 aromatic rings. The van der Waals surface area contributed by atoms with Crippen LogP contribution in [-0.2, 0) is 5.41 Å². The van der Waals surface area contributed by atoms with Gasteiger partial charge in [0.25, 0.3) is 0 Å². The van der Waals surface area contributed by atoms with Crippen molar-refractivity contribution >= 4 is 10.8 Å². The number of rotatable bonds is 3. The molecule has 2 aromatic carbocycles. The molecule has 0 unspecified atom stereocenters. The van der Waals surface area contributed by atoms with E-state index in [1.807, 2.05) is 0 Å². The topological polar surface area (TPSA) is 0 Å². The molecule has 0 aliphatic heterocycles. The van der Waals surface area contributed by atoms with Crippen molar-refractivity contribution in [2.24, 2.45) is 0 Å². The molecule has 0 aliphatic rings. The average molecular weight is 226 g/mol. The quantitative estimate of drug-likeness (QED) is 0.672. The molecular weight excluding hydrogens is 204 g/mol. The first-order valence-electron chi connectivity index (χ1n) is 6.55. The van der Waals surface area contributed by atoms with E-state index >= 15 is 0 Å². The minimum Gasteiger partial charge on any atom is -0.0654 e. The van der Waals surface area contributed by atoms with Gasteiger partial charge in [-0.2, -0.15) is 0 Å². The summed E-state index contributed by atoms with van der Waals surface area (Å²) in [7, 11) is 0. The van der Waals surface area contributed by atoms with Gasteiger partial charge in [-0.05, 0) is 40.7 Å². The third-order valence-corrected chi connectivity index (χ3v) is 3.74. The minimum atomic E-state index is 0.266. The SMILES string of the molecule is CCCC(C)(C)c1cccc2c(C)cccc12. The fourth-order valence-corrected chi connectivity index (χ4v) is 2.82. The van der Waals surface area contributed by atoms with E-state index in [4.69, 9.17) is 0 Å². The van der Waals surface area contributed by atoms with Crippen molar-refractivity contribution in [2.75, 3.05) is 0 Å². The Morgan fingerprint density at radius 1 is 0.941 bits per heavy atom. The normalized spacial score (nSPS) is 12.0. The van der Waals surface area contributed by atoms with Crippen LogP contribution in [0.15, 0.2) is 36.4 Å². The van der Waals surface area contributed by atoms with E-state index in [0.29, 0.717) is 0 Å². The van der Waals surface area contributed by atoms with Crippen LogP contribution in [0.25, 0.3) is 10.8 Å². The Kier molecular flexibility index (Phi) is 3.24. The predicted molar refractivity (Wildman–Crippen MR) is 76.6 cm³/mol. The number of hydrogen-bond acceptors (Lipinski definition) is 0. The lowest BCUT2D eigenvalue weighted by Crippen LogP contribution is -2.17. The zero-order valence-electron chi connectivity index (χ0n) is 11.4. The van der Waals surface area contributed by atoms with Crippen LogP contribution in [0.4, 0.5) is 0 Å². The second kappa shape index (κ2) is 4.52. The van der Waals surface area contributed by atoms with Crippen LogP contribution in [0.5, 0.6) is 0 Å². The Balaban J connectivity index is 2.66. The summed E-state index contributed by atoms with van der Waals surface area (Å²) in [6.07, 6.45) is 2.47. The maximum atomic E-state index is 2.35. The molecule has 2 rings (SSSR count). The van der Waals surface area contributed by atoms with Crippen LogP contribution in [0.2, 0.25) is 0 Å². The minimum absolute atomic E-state index is 0.266. The summed E-state index contributed by atoms with van der Waals surface area (Å²) in [5.41, 5.74) is 3.12. The highest BCUT2D eigenvalue weighted by Gasteiger charge is 2.21. The Bertz CT molecular complexity index is 521. The molecule has 17 heavy (non-hydrogen) atoms. The van der Waals surface area contributed by atoms with Gasteiger partial charge in [0.15, 0.2) is 0 Å². The van der Waals surface area contributed by atoms with Crippen LogP contribution >= 0.6 is 0 Å². The van der Waals surface area contributed by atoms with Crippen LogP contribution in [0, 0.1) is 6.92 Å². The molecule has 0 heteroatoms. The van der Waals surface area contributed by atoms with Crippen molar-refractivity contribution in [1.29, 1.82) is 0 Å². The molecule has 0 saturated heterocycles.